The predicted octanol–water partition coefficient (Wildman–Crippen LogP) is 3.30. The van der Waals surface area contributed by atoms with E-state index < -0.39 is 5.91 Å². The number of amides is 1. The molecule has 0 radical (unpaired) electrons. The Balaban J connectivity index is 2.19. The monoisotopic (exact) mass is 333 g/mol. The number of halogens is 1. The molecule has 0 aromatic heterocycles. The molecule has 2 aromatic rings. The zero-order valence-electron chi connectivity index (χ0n) is 11.1. The molecule has 2 aromatic carbocycles. The van der Waals surface area contributed by atoms with Crippen LogP contribution in [0.4, 0.5) is 11.4 Å². The van der Waals surface area contributed by atoms with Crippen molar-refractivity contribution in [3.8, 4) is 0 Å². The van der Waals surface area contributed by atoms with E-state index in [1.165, 1.54) is 0 Å². The molecule has 4 nitrogen and oxygen atoms in total. The molecule has 0 bridgehead atoms. The molecule has 0 heterocycles. The topological polar surface area (TPSA) is 81.1 Å². The third kappa shape index (κ3) is 3.30. The number of anilines is 2. The van der Waals surface area contributed by atoms with Crippen molar-refractivity contribution in [2.75, 3.05) is 11.1 Å². The molecule has 5 heteroatoms. The van der Waals surface area contributed by atoms with E-state index in [2.05, 4.69) is 21.2 Å². The SMILES string of the molecule is CC(Nc1ccc(C(N)=O)cc1Br)c1cccc(N)c1. The first-order valence-corrected chi connectivity index (χ1v) is 6.98. The summed E-state index contributed by atoms with van der Waals surface area (Å²) in [6, 6.07) is 13.0. The zero-order chi connectivity index (χ0) is 14.7. The third-order valence-electron chi connectivity index (χ3n) is 3.04. The maximum atomic E-state index is 11.1. The molecule has 20 heavy (non-hydrogen) atoms. The molecule has 0 aliphatic heterocycles. The predicted molar refractivity (Wildman–Crippen MR) is 85.6 cm³/mol. The highest BCUT2D eigenvalue weighted by Gasteiger charge is 2.09. The van der Waals surface area contributed by atoms with E-state index in [0.717, 1.165) is 21.4 Å². The van der Waals surface area contributed by atoms with Crippen LogP contribution in [0.25, 0.3) is 0 Å². The number of nitrogen functional groups attached to an aromatic ring is 1. The Morgan fingerprint density at radius 2 is 2.00 bits per heavy atom. The Hall–Kier alpha value is -2.01. The van der Waals surface area contributed by atoms with Gasteiger partial charge in [0.2, 0.25) is 5.91 Å². The molecular formula is C15H16BrN3O. The zero-order valence-corrected chi connectivity index (χ0v) is 12.6. The molecule has 104 valence electrons. The summed E-state index contributed by atoms with van der Waals surface area (Å²) in [7, 11) is 0. The molecule has 0 fully saturated rings. The quantitative estimate of drug-likeness (QED) is 0.751. The van der Waals surface area contributed by atoms with Crippen LogP contribution in [0.5, 0.6) is 0 Å². The van der Waals surface area contributed by atoms with Crippen molar-refractivity contribution in [2.45, 2.75) is 13.0 Å². The lowest BCUT2D eigenvalue weighted by Crippen LogP contribution is -2.12. The van der Waals surface area contributed by atoms with Crippen LogP contribution in [0.15, 0.2) is 46.9 Å². The molecule has 0 aliphatic carbocycles. The van der Waals surface area contributed by atoms with Gasteiger partial charge in [0.15, 0.2) is 0 Å². The molecule has 5 N–H and O–H groups in total. The van der Waals surface area contributed by atoms with Crippen LogP contribution >= 0.6 is 15.9 Å². The lowest BCUT2D eigenvalue weighted by Gasteiger charge is -2.17. The number of primary amides is 1. The van der Waals surface area contributed by atoms with Crippen LogP contribution in [0.2, 0.25) is 0 Å². The maximum absolute atomic E-state index is 11.1. The first-order chi connectivity index (χ1) is 9.47. The molecule has 0 saturated heterocycles. The number of nitrogens with two attached hydrogens (primary N) is 2. The van der Waals surface area contributed by atoms with Gasteiger partial charge < -0.3 is 16.8 Å². The van der Waals surface area contributed by atoms with Gasteiger partial charge in [0.1, 0.15) is 0 Å². The fraction of sp³-hybridized carbons (Fsp3) is 0.133. The largest absolute Gasteiger partial charge is 0.399 e. The first kappa shape index (κ1) is 14.4. The van der Waals surface area contributed by atoms with Gasteiger partial charge in [-0.25, -0.2) is 0 Å². The summed E-state index contributed by atoms with van der Waals surface area (Å²) in [5.74, 6) is -0.443. The highest BCUT2D eigenvalue weighted by molar-refractivity contribution is 9.10. The van der Waals surface area contributed by atoms with Crippen molar-refractivity contribution in [3.05, 3.63) is 58.1 Å². The second-order valence-electron chi connectivity index (χ2n) is 4.60. The smallest absolute Gasteiger partial charge is 0.248 e. The van der Waals surface area contributed by atoms with Crippen LogP contribution in [-0.4, -0.2) is 5.91 Å². The summed E-state index contributed by atoms with van der Waals surface area (Å²) in [5.41, 5.74) is 14.2. The number of hydrogen-bond acceptors (Lipinski definition) is 3. The van der Waals surface area contributed by atoms with E-state index in [0.29, 0.717) is 5.56 Å². The van der Waals surface area contributed by atoms with Crippen molar-refractivity contribution in [1.82, 2.24) is 0 Å². The molecule has 1 amide bonds. The lowest BCUT2D eigenvalue weighted by molar-refractivity contribution is 0.100. The summed E-state index contributed by atoms with van der Waals surface area (Å²) in [5, 5.41) is 3.37. The molecule has 0 aliphatic rings. The minimum absolute atomic E-state index is 0.0919. The molecule has 2 rings (SSSR count). The summed E-state index contributed by atoms with van der Waals surface area (Å²) in [4.78, 5) is 11.1. The van der Waals surface area contributed by atoms with Gasteiger partial charge in [0.25, 0.3) is 0 Å². The number of hydrogen-bond donors (Lipinski definition) is 3. The highest BCUT2D eigenvalue weighted by atomic mass is 79.9. The second kappa shape index (κ2) is 5.96. The summed E-state index contributed by atoms with van der Waals surface area (Å²) in [6.07, 6.45) is 0. The number of nitrogens with one attached hydrogen (secondary N) is 1. The van der Waals surface area contributed by atoms with E-state index in [9.17, 15) is 4.79 Å². The number of rotatable bonds is 4. The minimum Gasteiger partial charge on any atom is -0.399 e. The minimum atomic E-state index is -0.443. The van der Waals surface area contributed by atoms with Gasteiger partial charge >= 0.3 is 0 Å². The lowest BCUT2D eigenvalue weighted by atomic mass is 10.1. The van der Waals surface area contributed by atoms with Gasteiger partial charge in [-0.15, -0.1) is 0 Å². The van der Waals surface area contributed by atoms with Gasteiger partial charge in [-0.3, -0.25) is 4.79 Å². The Morgan fingerprint density at radius 3 is 2.60 bits per heavy atom. The van der Waals surface area contributed by atoms with E-state index in [1.807, 2.05) is 37.3 Å². The summed E-state index contributed by atoms with van der Waals surface area (Å²) >= 11 is 3.44. The molecule has 1 unspecified atom stereocenters. The van der Waals surface area contributed by atoms with Crippen LogP contribution in [0, 0.1) is 0 Å². The Kier molecular flexibility index (Phi) is 4.29. The Morgan fingerprint density at radius 1 is 1.25 bits per heavy atom. The van der Waals surface area contributed by atoms with Crippen molar-refractivity contribution < 1.29 is 4.79 Å². The van der Waals surface area contributed by atoms with Crippen molar-refractivity contribution >= 4 is 33.2 Å². The molecule has 0 spiro atoms. The molecule has 0 saturated carbocycles. The second-order valence-corrected chi connectivity index (χ2v) is 5.45. The van der Waals surface area contributed by atoms with Crippen molar-refractivity contribution in [1.29, 1.82) is 0 Å². The Bertz CT molecular complexity index is 643. The normalized spacial score (nSPS) is 11.9. The van der Waals surface area contributed by atoms with Gasteiger partial charge in [-0.05, 0) is 58.7 Å². The van der Waals surface area contributed by atoms with Gasteiger partial charge in [0.05, 0.1) is 0 Å². The number of carbonyl (C=O) groups is 1. The van der Waals surface area contributed by atoms with Crippen LogP contribution in [-0.2, 0) is 0 Å². The standard InChI is InChI=1S/C15H16BrN3O/c1-9(10-3-2-4-12(17)7-10)19-14-6-5-11(15(18)20)8-13(14)16/h2-9,19H,17H2,1H3,(H2,18,20). The van der Waals surface area contributed by atoms with E-state index in [1.54, 1.807) is 12.1 Å². The Labute approximate surface area is 126 Å². The van der Waals surface area contributed by atoms with Crippen LogP contribution in [0.1, 0.15) is 28.9 Å². The van der Waals surface area contributed by atoms with Gasteiger partial charge in [-0.1, -0.05) is 12.1 Å². The number of benzene rings is 2. The van der Waals surface area contributed by atoms with E-state index >= 15 is 0 Å². The number of carbonyl (C=O) groups excluding carboxylic acids is 1. The fourth-order valence-electron chi connectivity index (χ4n) is 1.93. The fourth-order valence-corrected chi connectivity index (χ4v) is 2.42. The van der Waals surface area contributed by atoms with Crippen molar-refractivity contribution in [2.24, 2.45) is 5.73 Å². The molecule has 1 atom stereocenters. The van der Waals surface area contributed by atoms with E-state index in [-0.39, 0.29) is 6.04 Å². The first-order valence-electron chi connectivity index (χ1n) is 6.18. The highest BCUT2D eigenvalue weighted by Crippen LogP contribution is 2.28. The third-order valence-corrected chi connectivity index (χ3v) is 3.69. The van der Waals surface area contributed by atoms with Gasteiger partial charge in [-0.2, -0.15) is 0 Å². The van der Waals surface area contributed by atoms with Crippen molar-refractivity contribution in [3.63, 3.8) is 0 Å². The summed E-state index contributed by atoms with van der Waals surface area (Å²) in [6.45, 7) is 2.04. The van der Waals surface area contributed by atoms with Crippen LogP contribution in [0.3, 0.4) is 0 Å². The average Bonchev–Trinajstić information content (AvgIpc) is 2.40. The average molecular weight is 334 g/mol. The van der Waals surface area contributed by atoms with Crippen LogP contribution < -0.4 is 16.8 Å². The van der Waals surface area contributed by atoms with E-state index in [4.69, 9.17) is 11.5 Å². The van der Waals surface area contributed by atoms with Gasteiger partial charge in [0, 0.05) is 27.5 Å². The maximum Gasteiger partial charge on any atom is 0.248 e. The summed E-state index contributed by atoms with van der Waals surface area (Å²) < 4.78 is 0.796. The molecular weight excluding hydrogens is 318 g/mol.